The number of hydrogen-bond donors (Lipinski definition) is 3. The fourth-order valence-corrected chi connectivity index (χ4v) is 6.31. The topological polar surface area (TPSA) is 99.9 Å². The first-order valence-electron chi connectivity index (χ1n) is 11.0. The molecule has 0 radical (unpaired) electrons. The Labute approximate surface area is 199 Å². The first kappa shape index (κ1) is 23.5. The molecule has 1 aliphatic rings. The van der Waals surface area contributed by atoms with Crippen LogP contribution in [0.15, 0.2) is 59.8 Å². The Balaban J connectivity index is 1.53. The molecule has 3 heterocycles. The molecule has 1 aromatic carbocycles. The second-order valence-electron chi connectivity index (χ2n) is 8.57. The van der Waals surface area contributed by atoms with Crippen LogP contribution in [0.5, 0.6) is 0 Å². The highest BCUT2D eigenvalue weighted by molar-refractivity contribution is 7.90. The maximum Gasteiger partial charge on any atom is 0.272 e. The van der Waals surface area contributed by atoms with E-state index >= 15 is 0 Å². The van der Waals surface area contributed by atoms with Crippen LogP contribution in [0.1, 0.15) is 41.4 Å². The van der Waals surface area contributed by atoms with Crippen LogP contribution in [0.3, 0.4) is 0 Å². The SMILES string of the molecule is C[C@@H](CCc1ccccc1)[C@H]1CCc2c(cn(C)c2C(=O)Nc2ccnc(Cl)c2)S(=N)(=O)N1. The minimum atomic E-state index is -3.25. The van der Waals surface area contributed by atoms with Gasteiger partial charge in [-0.2, -0.15) is 0 Å². The van der Waals surface area contributed by atoms with Crippen molar-refractivity contribution in [2.24, 2.45) is 13.0 Å². The summed E-state index contributed by atoms with van der Waals surface area (Å²) in [6.45, 7) is 2.13. The zero-order valence-corrected chi connectivity index (χ0v) is 20.2. The molecule has 0 bridgehead atoms. The Kier molecular flexibility index (Phi) is 6.88. The first-order chi connectivity index (χ1) is 15.7. The monoisotopic (exact) mass is 485 g/mol. The Morgan fingerprint density at radius 3 is 2.85 bits per heavy atom. The summed E-state index contributed by atoms with van der Waals surface area (Å²) in [5.41, 5.74) is 2.88. The van der Waals surface area contributed by atoms with Gasteiger partial charge in [0.1, 0.15) is 20.8 Å². The number of anilines is 1. The minimum Gasteiger partial charge on any atom is -0.345 e. The predicted octanol–water partition coefficient (Wildman–Crippen LogP) is 4.82. The zero-order valence-electron chi connectivity index (χ0n) is 18.7. The van der Waals surface area contributed by atoms with Crippen molar-refractivity contribution >= 4 is 33.1 Å². The van der Waals surface area contributed by atoms with E-state index in [0.717, 1.165) is 12.8 Å². The maximum atomic E-state index is 13.4. The largest absolute Gasteiger partial charge is 0.345 e. The van der Waals surface area contributed by atoms with Gasteiger partial charge in [-0.25, -0.2) is 18.7 Å². The molecular formula is C24H28ClN5O2S. The second-order valence-corrected chi connectivity index (χ2v) is 10.7. The summed E-state index contributed by atoms with van der Waals surface area (Å²) in [6, 6.07) is 13.4. The average Bonchev–Trinajstić information content (AvgIpc) is 3.06. The Hall–Kier alpha value is -2.68. The molecule has 3 N–H and O–H groups in total. The van der Waals surface area contributed by atoms with E-state index in [2.05, 4.69) is 34.1 Å². The van der Waals surface area contributed by atoms with Crippen molar-refractivity contribution in [3.8, 4) is 0 Å². The van der Waals surface area contributed by atoms with E-state index in [4.69, 9.17) is 16.4 Å². The van der Waals surface area contributed by atoms with Gasteiger partial charge in [-0.15, -0.1) is 0 Å². The lowest BCUT2D eigenvalue weighted by molar-refractivity contribution is 0.101. The molecule has 0 aliphatic carbocycles. The van der Waals surface area contributed by atoms with Crippen molar-refractivity contribution in [1.29, 1.82) is 4.78 Å². The quantitative estimate of drug-likeness (QED) is 0.436. The zero-order chi connectivity index (χ0) is 23.6. The molecule has 9 heteroatoms. The highest BCUT2D eigenvalue weighted by atomic mass is 35.5. The smallest absolute Gasteiger partial charge is 0.272 e. The second kappa shape index (κ2) is 9.67. The number of nitrogens with one attached hydrogen (secondary N) is 3. The third-order valence-corrected chi connectivity index (χ3v) is 8.01. The van der Waals surface area contributed by atoms with E-state index in [9.17, 15) is 9.00 Å². The van der Waals surface area contributed by atoms with Gasteiger partial charge in [0.15, 0.2) is 0 Å². The summed E-state index contributed by atoms with van der Waals surface area (Å²) in [6.07, 6.45) is 6.28. The number of pyridine rings is 1. The number of halogens is 1. The van der Waals surface area contributed by atoms with E-state index in [1.165, 1.54) is 11.8 Å². The van der Waals surface area contributed by atoms with Crippen LogP contribution < -0.4 is 10.0 Å². The van der Waals surface area contributed by atoms with Crippen molar-refractivity contribution in [1.82, 2.24) is 14.3 Å². The van der Waals surface area contributed by atoms with Gasteiger partial charge in [-0.3, -0.25) is 4.79 Å². The average molecular weight is 486 g/mol. The maximum absolute atomic E-state index is 13.4. The number of carbonyl (C=O) groups excluding carboxylic acids is 1. The summed E-state index contributed by atoms with van der Waals surface area (Å²) < 4.78 is 26.8. The summed E-state index contributed by atoms with van der Waals surface area (Å²) in [5, 5.41) is 3.12. The van der Waals surface area contributed by atoms with Crippen molar-refractivity contribution in [3.05, 3.63) is 76.8 Å². The lowest BCUT2D eigenvalue weighted by Crippen LogP contribution is -2.37. The predicted molar refractivity (Wildman–Crippen MR) is 131 cm³/mol. The van der Waals surface area contributed by atoms with Crippen LogP contribution in [0, 0.1) is 10.7 Å². The highest BCUT2D eigenvalue weighted by Gasteiger charge is 2.32. The molecule has 3 atom stereocenters. The molecule has 4 rings (SSSR count). The number of nitrogens with zero attached hydrogens (tertiary/aromatic N) is 2. The molecule has 3 aromatic rings. The van der Waals surface area contributed by atoms with Gasteiger partial charge < -0.3 is 9.88 Å². The molecule has 33 heavy (non-hydrogen) atoms. The Bertz CT molecular complexity index is 1260. The minimum absolute atomic E-state index is 0.0775. The molecular weight excluding hydrogens is 458 g/mol. The third kappa shape index (κ3) is 5.29. The summed E-state index contributed by atoms with van der Waals surface area (Å²) >= 11 is 5.93. The van der Waals surface area contributed by atoms with Crippen molar-refractivity contribution in [2.45, 2.75) is 43.5 Å². The molecule has 174 valence electrons. The van der Waals surface area contributed by atoms with Crippen molar-refractivity contribution in [3.63, 3.8) is 0 Å². The highest BCUT2D eigenvalue weighted by Crippen LogP contribution is 2.31. The molecule has 7 nitrogen and oxygen atoms in total. The molecule has 2 aromatic heterocycles. The van der Waals surface area contributed by atoms with E-state index < -0.39 is 9.92 Å². The first-order valence-corrected chi connectivity index (χ1v) is 12.9. The van der Waals surface area contributed by atoms with Crippen LogP contribution in [0.2, 0.25) is 5.15 Å². The van der Waals surface area contributed by atoms with E-state index in [0.29, 0.717) is 34.7 Å². The Morgan fingerprint density at radius 1 is 1.36 bits per heavy atom. The fraction of sp³-hybridized carbons (Fsp3) is 0.333. The van der Waals surface area contributed by atoms with E-state index in [-0.39, 0.29) is 23.0 Å². The molecule has 0 fully saturated rings. The number of carbonyl (C=O) groups is 1. The third-order valence-electron chi connectivity index (χ3n) is 6.20. The Morgan fingerprint density at radius 2 is 2.12 bits per heavy atom. The van der Waals surface area contributed by atoms with Gasteiger partial charge in [0, 0.05) is 36.7 Å². The summed E-state index contributed by atoms with van der Waals surface area (Å²) in [7, 11) is -1.52. The number of fused-ring (bicyclic) bond motifs is 1. The van der Waals surface area contributed by atoms with Gasteiger partial charge in [0.2, 0.25) is 0 Å². The molecule has 0 saturated heterocycles. The van der Waals surface area contributed by atoms with E-state index in [1.54, 1.807) is 29.9 Å². The summed E-state index contributed by atoms with van der Waals surface area (Å²) in [4.78, 5) is 17.4. The van der Waals surface area contributed by atoms with Crippen LogP contribution in [-0.4, -0.2) is 25.7 Å². The molecule has 0 spiro atoms. The fourth-order valence-electron chi connectivity index (χ4n) is 4.38. The molecule has 1 aliphatic heterocycles. The number of aromatic nitrogens is 2. The number of hydrogen-bond acceptors (Lipinski definition) is 4. The van der Waals surface area contributed by atoms with Gasteiger partial charge in [0.05, 0.1) is 4.90 Å². The standard InChI is InChI=1S/C24H28ClN5O2S/c1-16(8-9-17-6-4-3-5-7-17)20-11-10-19-21(33(26,32)29-20)15-30(2)23(19)24(31)28-18-12-13-27-22(25)14-18/h3-7,12-16,20H,8-11H2,1-2H3,(H2,26,29,32)(H,27,28,31)/t16-,20+,33?/m0/s1. The van der Waals surface area contributed by atoms with Crippen LogP contribution in [0.4, 0.5) is 5.69 Å². The lowest BCUT2D eigenvalue weighted by atomic mass is 9.91. The van der Waals surface area contributed by atoms with Gasteiger partial charge in [-0.05, 0) is 49.3 Å². The van der Waals surface area contributed by atoms with Crippen LogP contribution >= 0.6 is 11.6 Å². The number of amides is 1. The molecule has 1 amide bonds. The van der Waals surface area contributed by atoms with Crippen molar-refractivity contribution in [2.75, 3.05) is 5.32 Å². The van der Waals surface area contributed by atoms with E-state index in [1.807, 2.05) is 18.2 Å². The molecule has 1 unspecified atom stereocenters. The van der Waals surface area contributed by atoms with Crippen LogP contribution in [-0.2, 0) is 29.8 Å². The van der Waals surface area contributed by atoms with Crippen LogP contribution in [0.25, 0.3) is 0 Å². The van der Waals surface area contributed by atoms with Gasteiger partial charge in [0.25, 0.3) is 5.91 Å². The number of benzene rings is 1. The molecule has 0 saturated carbocycles. The summed E-state index contributed by atoms with van der Waals surface area (Å²) in [5.74, 6) is -0.0998. The number of aryl methyl sites for hydroxylation is 2. The number of rotatable bonds is 6. The normalized spacial score (nSPS) is 21.1. The van der Waals surface area contributed by atoms with Gasteiger partial charge >= 0.3 is 0 Å². The van der Waals surface area contributed by atoms with Gasteiger partial charge in [-0.1, -0.05) is 48.9 Å². The van der Waals surface area contributed by atoms with Crippen molar-refractivity contribution < 1.29 is 9.00 Å². The lowest BCUT2D eigenvalue weighted by Gasteiger charge is -2.24.